The van der Waals surface area contributed by atoms with Crippen LogP contribution >= 0.6 is 0 Å². The molecule has 3 rings (SSSR count). The molecule has 0 unspecified atom stereocenters. The minimum Gasteiger partial charge on any atom is -0.329 e. The molecule has 0 saturated heterocycles. The molecule has 19 heavy (non-hydrogen) atoms. The van der Waals surface area contributed by atoms with Crippen LogP contribution in [0.2, 0.25) is 0 Å². The van der Waals surface area contributed by atoms with Crippen molar-refractivity contribution >= 4 is 11.0 Å². The molecule has 0 aromatic carbocycles. The zero-order valence-electron chi connectivity index (χ0n) is 11.8. The summed E-state index contributed by atoms with van der Waals surface area (Å²) >= 11 is 0. The van der Waals surface area contributed by atoms with Gasteiger partial charge in [-0.15, -0.1) is 0 Å². The van der Waals surface area contributed by atoms with Crippen LogP contribution in [0.4, 0.5) is 0 Å². The van der Waals surface area contributed by atoms with Crippen molar-refractivity contribution in [2.45, 2.75) is 44.6 Å². The van der Waals surface area contributed by atoms with Crippen LogP contribution in [0.1, 0.15) is 44.9 Å². The van der Waals surface area contributed by atoms with Gasteiger partial charge in [-0.1, -0.05) is 13.3 Å². The average molecular weight is 258 g/mol. The summed E-state index contributed by atoms with van der Waals surface area (Å²) < 4.78 is 2.14. The Morgan fingerprint density at radius 3 is 2.79 bits per heavy atom. The molecule has 1 aliphatic carbocycles. The van der Waals surface area contributed by atoms with Crippen LogP contribution in [0.25, 0.3) is 11.0 Å². The number of nitrogens with two attached hydrogens (primary N) is 1. The second-order valence-electron chi connectivity index (χ2n) is 5.87. The highest BCUT2D eigenvalue weighted by Gasteiger charge is 2.36. The van der Waals surface area contributed by atoms with Crippen molar-refractivity contribution in [3.63, 3.8) is 0 Å². The van der Waals surface area contributed by atoms with Gasteiger partial charge in [-0.3, -0.25) is 4.98 Å². The number of pyridine rings is 1. The number of rotatable bonds is 2. The lowest BCUT2D eigenvalue weighted by atomic mass is 9.75. The summed E-state index contributed by atoms with van der Waals surface area (Å²) in [5, 5.41) is 0. The lowest BCUT2D eigenvalue weighted by molar-refractivity contribution is 0.219. The van der Waals surface area contributed by atoms with Crippen LogP contribution in [0.5, 0.6) is 0 Å². The number of aromatic nitrogens is 3. The van der Waals surface area contributed by atoms with Gasteiger partial charge in [0.15, 0.2) is 0 Å². The molecule has 0 atom stereocenters. The topological polar surface area (TPSA) is 56.7 Å². The number of hydrogen-bond donors (Lipinski definition) is 1. The van der Waals surface area contributed by atoms with Crippen LogP contribution in [0.3, 0.4) is 0 Å². The minimum absolute atomic E-state index is 0.264. The van der Waals surface area contributed by atoms with Crippen molar-refractivity contribution in [3.05, 3.63) is 24.3 Å². The molecule has 0 bridgehead atoms. The first-order chi connectivity index (χ1) is 9.14. The Morgan fingerprint density at radius 1 is 1.42 bits per heavy atom. The fraction of sp³-hybridized carbons (Fsp3) is 0.600. The highest BCUT2D eigenvalue weighted by molar-refractivity contribution is 5.74. The summed E-state index contributed by atoms with van der Waals surface area (Å²) in [6.07, 6.45) is 9.41. The lowest BCUT2D eigenvalue weighted by Crippen LogP contribution is -2.42. The van der Waals surface area contributed by atoms with Gasteiger partial charge in [-0.05, 0) is 37.7 Å². The van der Waals surface area contributed by atoms with Crippen LogP contribution in [0.15, 0.2) is 18.5 Å². The summed E-state index contributed by atoms with van der Waals surface area (Å²) in [6.45, 7) is 2.27. The standard InChI is InChI=1S/C15H22N4/c1-3-11-4-7-15(16,8-5-11)14-18-12-10-17-9-6-13(12)19(14)2/h6,9-11H,3-5,7-8,16H2,1-2H3. The maximum absolute atomic E-state index is 6.66. The van der Waals surface area contributed by atoms with Gasteiger partial charge >= 0.3 is 0 Å². The highest BCUT2D eigenvalue weighted by Crippen LogP contribution is 2.38. The van der Waals surface area contributed by atoms with Crippen LogP contribution in [-0.2, 0) is 12.6 Å². The molecular weight excluding hydrogens is 236 g/mol. The Hall–Kier alpha value is -1.42. The molecule has 2 aromatic heterocycles. The number of imidazole rings is 1. The van der Waals surface area contributed by atoms with Crippen LogP contribution in [0, 0.1) is 5.92 Å². The molecule has 4 nitrogen and oxygen atoms in total. The van der Waals surface area contributed by atoms with E-state index < -0.39 is 0 Å². The number of aryl methyl sites for hydroxylation is 1. The quantitative estimate of drug-likeness (QED) is 0.901. The summed E-state index contributed by atoms with van der Waals surface area (Å²) in [7, 11) is 2.06. The first kappa shape index (κ1) is 12.6. The molecule has 0 radical (unpaired) electrons. The van der Waals surface area contributed by atoms with E-state index in [1.165, 1.54) is 19.3 Å². The maximum Gasteiger partial charge on any atom is 0.129 e. The minimum atomic E-state index is -0.264. The third-order valence-electron chi connectivity index (χ3n) is 4.70. The van der Waals surface area contributed by atoms with Gasteiger partial charge in [0.05, 0.1) is 17.3 Å². The maximum atomic E-state index is 6.66. The van der Waals surface area contributed by atoms with E-state index in [9.17, 15) is 0 Å². The highest BCUT2D eigenvalue weighted by atomic mass is 15.1. The van der Waals surface area contributed by atoms with E-state index >= 15 is 0 Å². The second-order valence-corrected chi connectivity index (χ2v) is 5.87. The van der Waals surface area contributed by atoms with Crippen molar-refractivity contribution in [1.29, 1.82) is 0 Å². The first-order valence-electron chi connectivity index (χ1n) is 7.20. The van der Waals surface area contributed by atoms with Gasteiger partial charge in [0.1, 0.15) is 11.3 Å². The molecule has 0 amide bonds. The van der Waals surface area contributed by atoms with Crippen molar-refractivity contribution in [2.75, 3.05) is 0 Å². The molecule has 1 aliphatic rings. The Bertz CT molecular complexity index is 579. The van der Waals surface area contributed by atoms with Crippen molar-refractivity contribution < 1.29 is 0 Å². The lowest BCUT2D eigenvalue weighted by Gasteiger charge is -2.36. The van der Waals surface area contributed by atoms with Gasteiger partial charge in [0, 0.05) is 13.2 Å². The Morgan fingerprint density at radius 2 is 2.16 bits per heavy atom. The summed E-state index contributed by atoms with van der Waals surface area (Å²) in [6, 6.07) is 2.01. The van der Waals surface area contributed by atoms with E-state index in [4.69, 9.17) is 10.7 Å². The fourth-order valence-corrected chi connectivity index (χ4v) is 3.32. The Balaban J connectivity index is 1.98. The molecule has 0 aliphatic heterocycles. The molecule has 2 N–H and O–H groups in total. The largest absolute Gasteiger partial charge is 0.329 e. The van der Waals surface area contributed by atoms with Gasteiger partial charge < -0.3 is 10.3 Å². The summed E-state index contributed by atoms with van der Waals surface area (Å²) in [5.74, 6) is 1.86. The molecule has 2 heterocycles. The number of hydrogen-bond acceptors (Lipinski definition) is 3. The molecule has 4 heteroatoms. The van der Waals surface area contributed by atoms with Gasteiger partial charge in [0.25, 0.3) is 0 Å². The molecular formula is C15H22N4. The van der Waals surface area contributed by atoms with E-state index in [0.717, 1.165) is 35.6 Å². The molecule has 102 valence electrons. The van der Waals surface area contributed by atoms with Crippen molar-refractivity contribution in [3.8, 4) is 0 Å². The molecule has 1 fully saturated rings. The van der Waals surface area contributed by atoms with E-state index in [1.807, 2.05) is 18.5 Å². The van der Waals surface area contributed by atoms with E-state index in [-0.39, 0.29) is 5.54 Å². The summed E-state index contributed by atoms with van der Waals surface area (Å²) in [4.78, 5) is 8.88. The normalized spacial score (nSPS) is 27.8. The van der Waals surface area contributed by atoms with Crippen LogP contribution < -0.4 is 5.73 Å². The zero-order chi connectivity index (χ0) is 13.5. The van der Waals surface area contributed by atoms with Gasteiger partial charge in [0.2, 0.25) is 0 Å². The van der Waals surface area contributed by atoms with E-state index in [2.05, 4.69) is 23.5 Å². The summed E-state index contributed by atoms with van der Waals surface area (Å²) in [5.41, 5.74) is 8.46. The van der Waals surface area contributed by atoms with Crippen molar-refractivity contribution in [1.82, 2.24) is 14.5 Å². The van der Waals surface area contributed by atoms with Crippen molar-refractivity contribution in [2.24, 2.45) is 18.7 Å². The molecule has 2 aromatic rings. The van der Waals surface area contributed by atoms with Crippen LogP contribution in [-0.4, -0.2) is 14.5 Å². The third kappa shape index (κ3) is 2.04. The van der Waals surface area contributed by atoms with E-state index in [1.54, 1.807) is 0 Å². The smallest absolute Gasteiger partial charge is 0.129 e. The number of nitrogens with zero attached hydrogens (tertiary/aromatic N) is 3. The second kappa shape index (κ2) is 4.60. The molecule has 1 saturated carbocycles. The third-order valence-corrected chi connectivity index (χ3v) is 4.70. The zero-order valence-corrected chi connectivity index (χ0v) is 11.8. The Labute approximate surface area is 114 Å². The molecule has 0 spiro atoms. The predicted molar refractivity (Wildman–Crippen MR) is 76.6 cm³/mol. The monoisotopic (exact) mass is 258 g/mol. The fourth-order valence-electron chi connectivity index (χ4n) is 3.32. The van der Waals surface area contributed by atoms with E-state index in [0.29, 0.717) is 0 Å². The van der Waals surface area contributed by atoms with Gasteiger partial charge in [-0.2, -0.15) is 0 Å². The SMILES string of the molecule is CCC1CCC(N)(c2nc3cnccc3n2C)CC1. The average Bonchev–Trinajstić information content (AvgIpc) is 2.78. The number of fused-ring (bicyclic) bond motifs is 1. The predicted octanol–water partition coefficient (Wildman–Crippen LogP) is 2.72. The van der Waals surface area contributed by atoms with Gasteiger partial charge in [-0.25, -0.2) is 4.98 Å². The Kier molecular flexibility index (Phi) is 3.05. The first-order valence-corrected chi connectivity index (χ1v) is 7.20.